The molecule has 0 N–H and O–H groups in total. The first-order chi connectivity index (χ1) is 11.8. The number of hydrogen-bond acceptors (Lipinski definition) is 5. The van der Waals surface area contributed by atoms with Crippen molar-refractivity contribution in [3.63, 3.8) is 0 Å². The average Bonchev–Trinajstić information content (AvgIpc) is 2.67. The highest BCUT2D eigenvalue weighted by Crippen LogP contribution is 2.31. The van der Waals surface area contributed by atoms with Gasteiger partial charge in [-0.05, 0) is 24.3 Å². The molecule has 2 aromatic carbocycles. The van der Waals surface area contributed by atoms with Gasteiger partial charge in [0.15, 0.2) is 0 Å². The lowest BCUT2D eigenvalue weighted by Gasteiger charge is -2.38. The SMILES string of the molecule is COc1ccccc1N1CCN(c2c(C#N)cccc2C#N)CC1. The van der Waals surface area contributed by atoms with Gasteiger partial charge in [0.25, 0.3) is 0 Å². The Kier molecular flexibility index (Phi) is 4.54. The number of methoxy groups -OCH3 is 1. The Morgan fingerprint density at radius 1 is 0.833 bits per heavy atom. The van der Waals surface area contributed by atoms with Crippen LogP contribution in [0.3, 0.4) is 0 Å². The van der Waals surface area contributed by atoms with Crippen LogP contribution in [-0.2, 0) is 0 Å². The largest absolute Gasteiger partial charge is 0.495 e. The van der Waals surface area contributed by atoms with Crippen LogP contribution in [-0.4, -0.2) is 33.3 Å². The van der Waals surface area contributed by atoms with Gasteiger partial charge in [-0.2, -0.15) is 10.5 Å². The van der Waals surface area contributed by atoms with E-state index in [0.29, 0.717) is 11.1 Å². The van der Waals surface area contributed by atoms with Crippen LogP contribution < -0.4 is 14.5 Å². The minimum Gasteiger partial charge on any atom is -0.495 e. The van der Waals surface area contributed by atoms with Gasteiger partial charge in [-0.15, -0.1) is 0 Å². The van der Waals surface area contributed by atoms with Crippen molar-refractivity contribution in [1.29, 1.82) is 10.5 Å². The van der Waals surface area contributed by atoms with Gasteiger partial charge in [-0.3, -0.25) is 0 Å². The molecule has 3 rings (SSSR count). The minimum absolute atomic E-state index is 0.555. The van der Waals surface area contributed by atoms with Crippen molar-refractivity contribution in [2.24, 2.45) is 0 Å². The highest BCUT2D eigenvalue weighted by Gasteiger charge is 2.23. The van der Waals surface area contributed by atoms with Crippen molar-refractivity contribution >= 4 is 11.4 Å². The molecule has 0 atom stereocenters. The Morgan fingerprint density at radius 3 is 2.00 bits per heavy atom. The van der Waals surface area contributed by atoms with Gasteiger partial charge in [0.2, 0.25) is 0 Å². The number of piperazine rings is 1. The molecule has 0 spiro atoms. The third-order valence-electron chi connectivity index (χ3n) is 4.30. The molecule has 0 bridgehead atoms. The first-order valence-corrected chi connectivity index (χ1v) is 7.84. The normalized spacial score (nSPS) is 14.0. The fraction of sp³-hybridized carbons (Fsp3) is 0.263. The molecule has 5 heteroatoms. The van der Waals surface area contributed by atoms with Crippen molar-refractivity contribution in [2.45, 2.75) is 0 Å². The van der Waals surface area contributed by atoms with E-state index in [0.717, 1.165) is 43.3 Å². The number of anilines is 2. The fourth-order valence-electron chi connectivity index (χ4n) is 3.13. The topological polar surface area (TPSA) is 63.3 Å². The summed E-state index contributed by atoms with van der Waals surface area (Å²) in [5.74, 6) is 0.862. The molecule has 0 aromatic heterocycles. The average molecular weight is 318 g/mol. The van der Waals surface area contributed by atoms with E-state index in [9.17, 15) is 10.5 Å². The predicted octanol–water partition coefficient (Wildman–Crippen LogP) is 2.77. The lowest BCUT2D eigenvalue weighted by Crippen LogP contribution is -2.47. The van der Waals surface area contributed by atoms with E-state index in [1.54, 1.807) is 25.3 Å². The lowest BCUT2D eigenvalue weighted by molar-refractivity contribution is 0.413. The van der Waals surface area contributed by atoms with E-state index in [4.69, 9.17) is 4.74 Å². The molecular formula is C19H18N4O. The molecule has 120 valence electrons. The van der Waals surface area contributed by atoms with E-state index in [1.807, 2.05) is 18.2 Å². The first kappa shape index (κ1) is 15.7. The summed E-state index contributed by atoms with van der Waals surface area (Å²) in [6.07, 6.45) is 0. The number of hydrogen-bond donors (Lipinski definition) is 0. The van der Waals surface area contributed by atoms with E-state index in [2.05, 4.69) is 28.0 Å². The summed E-state index contributed by atoms with van der Waals surface area (Å²) >= 11 is 0. The summed E-state index contributed by atoms with van der Waals surface area (Å²) in [4.78, 5) is 4.40. The Hall–Kier alpha value is -3.18. The third kappa shape index (κ3) is 2.85. The Labute approximate surface area is 141 Å². The minimum atomic E-state index is 0.555. The van der Waals surface area contributed by atoms with Crippen molar-refractivity contribution in [3.05, 3.63) is 53.6 Å². The van der Waals surface area contributed by atoms with E-state index in [1.165, 1.54) is 0 Å². The van der Waals surface area contributed by atoms with Crippen LogP contribution in [0.15, 0.2) is 42.5 Å². The maximum absolute atomic E-state index is 9.35. The standard InChI is InChI=1S/C19H18N4O/c1-24-18-8-3-2-7-17(18)22-9-11-23(12-10-22)19-15(13-20)5-4-6-16(19)14-21/h2-8H,9-12H2,1H3. The van der Waals surface area contributed by atoms with Crippen LogP contribution in [0.2, 0.25) is 0 Å². The van der Waals surface area contributed by atoms with Crippen LogP contribution in [0.1, 0.15) is 11.1 Å². The van der Waals surface area contributed by atoms with Gasteiger partial charge in [-0.1, -0.05) is 18.2 Å². The van der Waals surface area contributed by atoms with E-state index in [-0.39, 0.29) is 0 Å². The maximum Gasteiger partial charge on any atom is 0.142 e. The summed E-state index contributed by atoms with van der Waals surface area (Å²) in [5.41, 5.74) is 2.94. The Morgan fingerprint density at radius 2 is 1.42 bits per heavy atom. The lowest BCUT2D eigenvalue weighted by atomic mass is 10.1. The Bertz CT molecular complexity index is 779. The molecule has 5 nitrogen and oxygen atoms in total. The second-order valence-corrected chi connectivity index (χ2v) is 5.57. The molecule has 1 aliphatic rings. The zero-order valence-electron chi connectivity index (χ0n) is 13.6. The maximum atomic E-state index is 9.35. The second-order valence-electron chi connectivity index (χ2n) is 5.57. The number of nitrogens with zero attached hydrogens (tertiary/aromatic N) is 4. The van der Waals surface area contributed by atoms with E-state index < -0.39 is 0 Å². The van der Waals surface area contributed by atoms with Gasteiger partial charge in [0.1, 0.15) is 17.9 Å². The highest BCUT2D eigenvalue weighted by atomic mass is 16.5. The number of rotatable bonds is 3. The smallest absolute Gasteiger partial charge is 0.142 e. The van der Waals surface area contributed by atoms with Crippen LogP contribution in [0.25, 0.3) is 0 Å². The number of nitriles is 2. The monoisotopic (exact) mass is 318 g/mol. The van der Waals surface area contributed by atoms with Crippen LogP contribution >= 0.6 is 0 Å². The second kappa shape index (κ2) is 6.93. The van der Waals surface area contributed by atoms with Gasteiger partial charge < -0.3 is 14.5 Å². The van der Waals surface area contributed by atoms with Gasteiger partial charge in [-0.25, -0.2) is 0 Å². The van der Waals surface area contributed by atoms with Crippen LogP contribution in [0.4, 0.5) is 11.4 Å². The van der Waals surface area contributed by atoms with Crippen molar-refractivity contribution in [2.75, 3.05) is 43.1 Å². The van der Waals surface area contributed by atoms with Crippen LogP contribution in [0, 0.1) is 22.7 Å². The summed E-state index contributed by atoms with van der Waals surface area (Å²) in [6.45, 7) is 3.13. The molecule has 1 aliphatic heterocycles. The molecule has 24 heavy (non-hydrogen) atoms. The zero-order chi connectivity index (χ0) is 16.9. The molecule has 0 aliphatic carbocycles. The van der Waals surface area contributed by atoms with Crippen LogP contribution in [0.5, 0.6) is 5.75 Å². The molecule has 0 saturated carbocycles. The van der Waals surface area contributed by atoms with Gasteiger partial charge in [0, 0.05) is 26.2 Å². The summed E-state index contributed by atoms with van der Waals surface area (Å²) in [6, 6.07) is 17.7. The first-order valence-electron chi connectivity index (χ1n) is 7.84. The predicted molar refractivity (Wildman–Crippen MR) is 93.3 cm³/mol. The third-order valence-corrected chi connectivity index (χ3v) is 4.30. The van der Waals surface area contributed by atoms with Gasteiger partial charge >= 0.3 is 0 Å². The number of ether oxygens (including phenoxy) is 1. The summed E-state index contributed by atoms with van der Waals surface area (Å²) in [5, 5.41) is 18.7. The van der Waals surface area contributed by atoms with Gasteiger partial charge in [0.05, 0.1) is 29.6 Å². The van der Waals surface area contributed by atoms with E-state index >= 15 is 0 Å². The zero-order valence-corrected chi connectivity index (χ0v) is 13.6. The van der Waals surface area contributed by atoms with Crippen molar-refractivity contribution in [1.82, 2.24) is 0 Å². The molecular weight excluding hydrogens is 300 g/mol. The number of para-hydroxylation sites is 3. The molecule has 1 fully saturated rings. The highest BCUT2D eigenvalue weighted by molar-refractivity contribution is 5.69. The summed E-state index contributed by atoms with van der Waals surface area (Å²) < 4.78 is 5.44. The molecule has 0 radical (unpaired) electrons. The summed E-state index contributed by atoms with van der Waals surface area (Å²) in [7, 11) is 1.68. The number of benzene rings is 2. The molecule has 2 aromatic rings. The van der Waals surface area contributed by atoms with Crippen molar-refractivity contribution < 1.29 is 4.74 Å². The molecule has 1 saturated heterocycles. The fourth-order valence-corrected chi connectivity index (χ4v) is 3.13. The van der Waals surface area contributed by atoms with Crippen molar-refractivity contribution in [3.8, 4) is 17.9 Å². The quantitative estimate of drug-likeness (QED) is 0.871. The Balaban J connectivity index is 1.82. The molecule has 1 heterocycles. The molecule has 0 unspecified atom stereocenters. The molecule has 0 amide bonds.